The summed E-state index contributed by atoms with van der Waals surface area (Å²) in [6.45, 7) is 2.03. The van der Waals surface area contributed by atoms with E-state index in [1.54, 1.807) is 6.07 Å². The minimum absolute atomic E-state index is 0.457. The highest BCUT2D eigenvalue weighted by Crippen LogP contribution is 2.42. The quantitative estimate of drug-likeness (QED) is 0.864. The van der Waals surface area contributed by atoms with Crippen molar-refractivity contribution in [3.63, 3.8) is 0 Å². The van der Waals surface area contributed by atoms with Crippen molar-refractivity contribution in [1.82, 2.24) is 9.97 Å². The van der Waals surface area contributed by atoms with Crippen molar-refractivity contribution in [3.05, 3.63) is 52.9 Å². The number of aryl methyl sites for hydroxylation is 1. The monoisotopic (exact) mass is 273 g/mol. The average molecular weight is 274 g/mol. The molecule has 0 spiro atoms. The average Bonchev–Trinajstić information content (AvgIpc) is 3.18. The van der Waals surface area contributed by atoms with Gasteiger partial charge in [0.05, 0.1) is 0 Å². The second-order valence-corrected chi connectivity index (χ2v) is 5.24. The van der Waals surface area contributed by atoms with E-state index in [9.17, 15) is 0 Å². The number of nitrogens with zero attached hydrogens (tertiary/aromatic N) is 2. The summed E-state index contributed by atoms with van der Waals surface area (Å²) in [6.07, 6.45) is 1.94. The number of rotatable bonds is 4. The summed E-state index contributed by atoms with van der Waals surface area (Å²) in [5.41, 5.74) is 1.39. The van der Waals surface area contributed by atoms with Gasteiger partial charge in [-0.2, -0.15) is 0 Å². The number of aromatic nitrogens is 2. The molecule has 1 N–H and O–H groups in total. The second-order valence-electron chi connectivity index (χ2n) is 4.85. The summed E-state index contributed by atoms with van der Waals surface area (Å²) >= 11 is 5.99. The third kappa shape index (κ3) is 2.87. The highest BCUT2D eigenvalue weighted by atomic mass is 35.5. The minimum atomic E-state index is 0.457. The summed E-state index contributed by atoms with van der Waals surface area (Å²) in [7, 11) is 0. The second kappa shape index (κ2) is 5.17. The molecular weight excluding hydrogens is 258 g/mol. The Balaban J connectivity index is 1.69. The van der Waals surface area contributed by atoms with Crippen molar-refractivity contribution < 1.29 is 0 Å². The highest BCUT2D eigenvalue weighted by molar-refractivity contribution is 6.29. The van der Waals surface area contributed by atoms with Gasteiger partial charge in [0, 0.05) is 24.4 Å². The number of nitrogens with one attached hydrogen (secondary N) is 1. The van der Waals surface area contributed by atoms with Gasteiger partial charge in [0.2, 0.25) is 0 Å². The number of halogens is 1. The van der Waals surface area contributed by atoms with E-state index in [0.717, 1.165) is 24.5 Å². The van der Waals surface area contributed by atoms with Crippen LogP contribution >= 0.6 is 11.6 Å². The largest absolute Gasteiger partial charge is 0.367 e. The van der Waals surface area contributed by atoms with Gasteiger partial charge >= 0.3 is 0 Å². The fourth-order valence-electron chi connectivity index (χ4n) is 2.31. The maximum atomic E-state index is 5.99. The highest BCUT2D eigenvalue weighted by Gasteiger charge is 2.38. The van der Waals surface area contributed by atoms with Crippen molar-refractivity contribution in [3.8, 4) is 0 Å². The van der Waals surface area contributed by atoms with Crippen LogP contribution in [0, 0.1) is 0 Å². The molecule has 1 aliphatic rings. The summed E-state index contributed by atoms with van der Waals surface area (Å²) in [6, 6.07) is 12.8. The first kappa shape index (κ1) is 12.4. The van der Waals surface area contributed by atoms with Crippen LogP contribution in [0.1, 0.15) is 30.7 Å². The molecule has 2 atom stereocenters. The van der Waals surface area contributed by atoms with E-state index in [1.807, 2.05) is 13.0 Å². The summed E-state index contributed by atoms with van der Waals surface area (Å²) in [4.78, 5) is 8.63. The first-order valence-corrected chi connectivity index (χ1v) is 6.99. The fourth-order valence-corrected chi connectivity index (χ4v) is 2.51. The maximum absolute atomic E-state index is 5.99. The lowest BCUT2D eigenvalue weighted by Gasteiger charge is -2.07. The van der Waals surface area contributed by atoms with Crippen molar-refractivity contribution >= 4 is 17.4 Å². The molecule has 1 aromatic carbocycles. The predicted octanol–water partition coefficient (Wildman–Crippen LogP) is 3.66. The summed E-state index contributed by atoms with van der Waals surface area (Å²) in [5, 5.41) is 3.95. The molecule has 1 saturated carbocycles. The molecule has 4 heteroatoms. The molecule has 0 saturated heterocycles. The summed E-state index contributed by atoms with van der Waals surface area (Å²) < 4.78 is 0. The number of benzene rings is 1. The zero-order chi connectivity index (χ0) is 13.2. The van der Waals surface area contributed by atoms with E-state index in [2.05, 4.69) is 39.6 Å². The van der Waals surface area contributed by atoms with E-state index in [4.69, 9.17) is 11.6 Å². The molecule has 0 amide bonds. The molecule has 1 heterocycles. The Kier molecular flexibility index (Phi) is 3.38. The van der Waals surface area contributed by atoms with Gasteiger partial charge in [0.15, 0.2) is 0 Å². The molecular formula is C15H16ClN3. The van der Waals surface area contributed by atoms with Crippen LogP contribution in [0.4, 0.5) is 5.82 Å². The van der Waals surface area contributed by atoms with Gasteiger partial charge in [-0.3, -0.25) is 0 Å². The van der Waals surface area contributed by atoms with E-state index in [1.165, 1.54) is 5.56 Å². The van der Waals surface area contributed by atoms with Crippen LogP contribution in [0.3, 0.4) is 0 Å². The Bertz CT molecular complexity index is 571. The van der Waals surface area contributed by atoms with Gasteiger partial charge in [-0.25, -0.2) is 9.97 Å². The normalized spacial score (nSPS) is 21.2. The summed E-state index contributed by atoms with van der Waals surface area (Å²) in [5.74, 6) is 2.20. The Morgan fingerprint density at radius 1 is 1.26 bits per heavy atom. The molecule has 19 heavy (non-hydrogen) atoms. The van der Waals surface area contributed by atoms with Gasteiger partial charge in [0.1, 0.15) is 16.8 Å². The van der Waals surface area contributed by atoms with E-state index in [-0.39, 0.29) is 0 Å². The van der Waals surface area contributed by atoms with Gasteiger partial charge in [-0.1, -0.05) is 48.9 Å². The third-order valence-electron chi connectivity index (χ3n) is 3.41. The first-order valence-electron chi connectivity index (χ1n) is 6.61. The van der Waals surface area contributed by atoms with Crippen LogP contribution in [-0.2, 0) is 6.42 Å². The van der Waals surface area contributed by atoms with Crippen LogP contribution in [0.5, 0.6) is 0 Å². The molecule has 3 nitrogen and oxygen atoms in total. The van der Waals surface area contributed by atoms with E-state index < -0.39 is 0 Å². The Hall–Kier alpha value is -1.61. The smallest absolute Gasteiger partial charge is 0.134 e. The van der Waals surface area contributed by atoms with E-state index >= 15 is 0 Å². The van der Waals surface area contributed by atoms with Gasteiger partial charge in [-0.15, -0.1) is 0 Å². The van der Waals surface area contributed by atoms with Crippen molar-refractivity contribution in [2.75, 3.05) is 5.32 Å². The topological polar surface area (TPSA) is 37.8 Å². The van der Waals surface area contributed by atoms with Crippen LogP contribution in [-0.4, -0.2) is 16.0 Å². The maximum Gasteiger partial charge on any atom is 0.134 e. The van der Waals surface area contributed by atoms with Crippen LogP contribution < -0.4 is 5.32 Å². The minimum Gasteiger partial charge on any atom is -0.367 e. The molecule has 1 fully saturated rings. The van der Waals surface area contributed by atoms with Gasteiger partial charge < -0.3 is 5.32 Å². The zero-order valence-electron chi connectivity index (χ0n) is 10.8. The van der Waals surface area contributed by atoms with Crippen LogP contribution in [0.2, 0.25) is 5.15 Å². The third-order valence-corrected chi connectivity index (χ3v) is 3.60. The standard InChI is InChI=1S/C15H16ClN3/c1-2-14-18-13(16)9-15(19-14)17-12-8-11(12)10-6-4-3-5-7-10/h3-7,9,11-12H,2,8H2,1H3,(H,17,18,19). The molecule has 0 bridgehead atoms. The molecule has 0 radical (unpaired) electrons. The zero-order valence-corrected chi connectivity index (χ0v) is 11.6. The number of anilines is 1. The number of hydrogen-bond acceptors (Lipinski definition) is 3. The fraction of sp³-hybridized carbons (Fsp3) is 0.333. The van der Waals surface area contributed by atoms with Crippen LogP contribution in [0.25, 0.3) is 0 Å². The van der Waals surface area contributed by atoms with Crippen molar-refractivity contribution in [2.45, 2.75) is 31.7 Å². The van der Waals surface area contributed by atoms with Crippen LogP contribution in [0.15, 0.2) is 36.4 Å². The molecule has 0 aliphatic heterocycles. The number of hydrogen-bond donors (Lipinski definition) is 1. The first-order chi connectivity index (χ1) is 9.26. The lowest BCUT2D eigenvalue weighted by Crippen LogP contribution is -2.07. The predicted molar refractivity (Wildman–Crippen MR) is 77.6 cm³/mol. The SMILES string of the molecule is CCc1nc(Cl)cc(NC2CC2c2ccccc2)n1. The molecule has 2 unspecified atom stereocenters. The van der Waals surface area contributed by atoms with E-state index in [0.29, 0.717) is 17.1 Å². The van der Waals surface area contributed by atoms with Gasteiger partial charge in [-0.05, 0) is 12.0 Å². The van der Waals surface area contributed by atoms with Gasteiger partial charge in [0.25, 0.3) is 0 Å². The molecule has 3 rings (SSSR count). The molecule has 1 aromatic heterocycles. The lowest BCUT2D eigenvalue weighted by molar-refractivity contribution is 0.927. The Morgan fingerprint density at radius 2 is 2.05 bits per heavy atom. The molecule has 98 valence electrons. The van der Waals surface area contributed by atoms with Crippen molar-refractivity contribution in [2.24, 2.45) is 0 Å². The Labute approximate surface area is 118 Å². The lowest BCUT2D eigenvalue weighted by atomic mass is 10.1. The molecule has 2 aromatic rings. The Morgan fingerprint density at radius 3 is 2.79 bits per heavy atom. The van der Waals surface area contributed by atoms with Crippen molar-refractivity contribution in [1.29, 1.82) is 0 Å². The molecule has 1 aliphatic carbocycles.